The van der Waals surface area contributed by atoms with Crippen LogP contribution in [0.3, 0.4) is 0 Å². The molecule has 2 heterocycles. The van der Waals surface area contributed by atoms with E-state index >= 15 is 0 Å². The zero-order valence-corrected chi connectivity index (χ0v) is 23.0. The van der Waals surface area contributed by atoms with E-state index in [4.69, 9.17) is 9.47 Å². The van der Waals surface area contributed by atoms with Crippen molar-refractivity contribution in [2.24, 2.45) is 0 Å². The maximum absolute atomic E-state index is 6.49. The standard InChI is InChI=1S/C31H47N3O2/c1-5-31(16-23-35-30(2,3)25-31)34-21-19-33(20-22-34)18-15-26-10-9-13-28(24-26)36-29(14-17-32-4)27-11-7-6-8-12-27/h6-13,24,29,32H,5,14-23,25H2,1-4H3/t29-,31-/m1/s1. The summed E-state index contributed by atoms with van der Waals surface area (Å²) in [5.41, 5.74) is 2.88. The smallest absolute Gasteiger partial charge is 0.125 e. The lowest BCUT2D eigenvalue weighted by Crippen LogP contribution is -2.61. The Morgan fingerprint density at radius 1 is 1.03 bits per heavy atom. The molecule has 5 heteroatoms. The van der Waals surface area contributed by atoms with Gasteiger partial charge in [0.2, 0.25) is 0 Å². The van der Waals surface area contributed by atoms with E-state index < -0.39 is 0 Å². The summed E-state index contributed by atoms with van der Waals surface area (Å²) in [4.78, 5) is 5.41. The van der Waals surface area contributed by atoms with Crippen LogP contribution in [0.4, 0.5) is 0 Å². The molecule has 198 valence electrons. The van der Waals surface area contributed by atoms with E-state index in [9.17, 15) is 0 Å². The normalized spacial score (nSPS) is 23.9. The molecule has 2 aliphatic heterocycles. The molecule has 36 heavy (non-hydrogen) atoms. The maximum atomic E-state index is 6.49. The SMILES string of the molecule is CC[C@@]1(N2CCN(CCc3cccc(O[C@H](CCNC)c4ccccc4)c3)CC2)CCOC(C)(C)C1. The van der Waals surface area contributed by atoms with Crippen molar-refractivity contribution < 1.29 is 9.47 Å². The third-order valence-corrected chi connectivity index (χ3v) is 8.24. The van der Waals surface area contributed by atoms with E-state index in [1.807, 2.05) is 7.05 Å². The predicted octanol–water partition coefficient (Wildman–Crippen LogP) is 5.31. The summed E-state index contributed by atoms with van der Waals surface area (Å²) in [6.07, 6.45) is 5.58. The van der Waals surface area contributed by atoms with Crippen molar-refractivity contribution in [2.45, 2.75) is 70.1 Å². The number of rotatable bonds is 11. The summed E-state index contributed by atoms with van der Waals surface area (Å²) < 4.78 is 12.5. The van der Waals surface area contributed by atoms with Crippen LogP contribution in [-0.4, -0.2) is 73.9 Å². The molecule has 2 aromatic rings. The molecule has 2 saturated heterocycles. The number of ether oxygens (including phenoxy) is 2. The predicted molar refractivity (Wildman–Crippen MR) is 149 cm³/mol. The molecule has 0 amide bonds. The minimum Gasteiger partial charge on any atom is -0.486 e. The van der Waals surface area contributed by atoms with Crippen LogP contribution in [0.15, 0.2) is 54.6 Å². The van der Waals surface area contributed by atoms with Crippen LogP contribution in [0, 0.1) is 0 Å². The Morgan fingerprint density at radius 2 is 1.81 bits per heavy atom. The van der Waals surface area contributed by atoms with Crippen molar-refractivity contribution in [2.75, 3.05) is 52.9 Å². The molecule has 2 aromatic carbocycles. The molecule has 2 aliphatic rings. The topological polar surface area (TPSA) is 37.0 Å². The van der Waals surface area contributed by atoms with Gasteiger partial charge in [0.1, 0.15) is 11.9 Å². The molecule has 0 spiro atoms. The molecule has 0 aliphatic carbocycles. The highest BCUT2D eigenvalue weighted by Gasteiger charge is 2.44. The van der Waals surface area contributed by atoms with Gasteiger partial charge in [0.15, 0.2) is 0 Å². The van der Waals surface area contributed by atoms with Gasteiger partial charge in [-0.3, -0.25) is 4.90 Å². The largest absolute Gasteiger partial charge is 0.486 e. The monoisotopic (exact) mass is 493 g/mol. The highest BCUT2D eigenvalue weighted by molar-refractivity contribution is 5.30. The van der Waals surface area contributed by atoms with E-state index in [1.165, 1.54) is 17.5 Å². The Labute approximate surface area is 219 Å². The molecule has 0 unspecified atom stereocenters. The third-order valence-electron chi connectivity index (χ3n) is 8.24. The zero-order chi connectivity index (χ0) is 25.4. The Bertz CT molecular complexity index is 926. The summed E-state index contributed by atoms with van der Waals surface area (Å²) in [5, 5.41) is 3.26. The van der Waals surface area contributed by atoms with Crippen LogP contribution in [0.2, 0.25) is 0 Å². The minimum atomic E-state index is -0.00888. The number of nitrogens with one attached hydrogen (secondary N) is 1. The number of benzene rings is 2. The average molecular weight is 494 g/mol. The Hall–Kier alpha value is -1.92. The van der Waals surface area contributed by atoms with Crippen LogP contribution in [0.5, 0.6) is 5.75 Å². The fraction of sp³-hybridized carbons (Fsp3) is 0.613. The first-order valence-electron chi connectivity index (χ1n) is 14.0. The molecule has 4 rings (SSSR count). The number of hydrogen-bond donors (Lipinski definition) is 1. The van der Waals surface area contributed by atoms with Crippen LogP contribution in [0.25, 0.3) is 0 Å². The molecule has 5 nitrogen and oxygen atoms in total. The first kappa shape index (κ1) is 27.1. The molecular formula is C31H47N3O2. The molecule has 1 N–H and O–H groups in total. The molecule has 2 fully saturated rings. The number of nitrogens with zero attached hydrogens (tertiary/aromatic N) is 2. The Kier molecular flexibility index (Phi) is 9.46. The van der Waals surface area contributed by atoms with Gasteiger partial charge in [0.25, 0.3) is 0 Å². The van der Waals surface area contributed by atoms with Gasteiger partial charge in [-0.05, 0) is 76.4 Å². The summed E-state index contributed by atoms with van der Waals surface area (Å²) in [6, 6.07) is 19.3. The molecular weight excluding hydrogens is 446 g/mol. The summed E-state index contributed by atoms with van der Waals surface area (Å²) in [5.74, 6) is 0.967. The highest BCUT2D eigenvalue weighted by atomic mass is 16.5. The molecule has 0 saturated carbocycles. The van der Waals surface area contributed by atoms with Crippen LogP contribution < -0.4 is 10.1 Å². The first-order chi connectivity index (χ1) is 17.4. The van der Waals surface area contributed by atoms with E-state index in [0.29, 0.717) is 5.54 Å². The lowest BCUT2D eigenvalue weighted by molar-refractivity contribution is -0.128. The minimum absolute atomic E-state index is 0.00888. The first-order valence-corrected chi connectivity index (χ1v) is 14.0. The maximum Gasteiger partial charge on any atom is 0.125 e. The second-order valence-corrected chi connectivity index (χ2v) is 11.2. The Morgan fingerprint density at radius 3 is 2.50 bits per heavy atom. The summed E-state index contributed by atoms with van der Waals surface area (Å²) >= 11 is 0. The van der Waals surface area contributed by atoms with Gasteiger partial charge in [-0.25, -0.2) is 0 Å². The van der Waals surface area contributed by atoms with Crippen molar-refractivity contribution in [3.05, 3.63) is 65.7 Å². The van der Waals surface area contributed by atoms with Crippen molar-refractivity contribution in [1.82, 2.24) is 15.1 Å². The third kappa shape index (κ3) is 7.10. The van der Waals surface area contributed by atoms with Crippen LogP contribution in [0.1, 0.15) is 63.7 Å². The van der Waals surface area contributed by atoms with Crippen molar-refractivity contribution in [3.8, 4) is 5.75 Å². The molecule has 0 bridgehead atoms. The molecule has 2 atom stereocenters. The zero-order valence-electron chi connectivity index (χ0n) is 23.0. The Balaban J connectivity index is 1.30. The van der Waals surface area contributed by atoms with Crippen molar-refractivity contribution in [1.29, 1.82) is 0 Å². The van der Waals surface area contributed by atoms with E-state index in [1.54, 1.807) is 0 Å². The fourth-order valence-corrected chi connectivity index (χ4v) is 6.15. The van der Waals surface area contributed by atoms with Crippen LogP contribution in [-0.2, 0) is 11.2 Å². The van der Waals surface area contributed by atoms with Gasteiger partial charge in [0.05, 0.1) is 5.60 Å². The van der Waals surface area contributed by atoms with Gasteiger partial charge in [-0.1, -0.05) is 49.4 Å². The van der Waals surface area contributed by atoms with Gasteiger partial charge in [-0.2, -0.15) is 0 Å². The van der Waals surface area contributed by atoms with E-state index in [2.05, 4.69) is 90.5 Å². The summed E-state index contributed by atoms with van der Waals surface area (Å²) in [6.45, 7) is 14.4. The van der Waals surface area contributed by atoms with Gasteiger partial charge in [-0.15, -0.1) is 0 Å². The van der Waals surface area contributed by atoms with Crippen LogP contribution >= 0.6 is 0 Å². The average Bonchev–Trinajstić information content (AvgIpc) is 2.90. The van der Waals surface area contributed by atoms with E-state index in [0.717, 1.165) is 77.3 Å². The fourth-order valence-electron chi connectivity index (χ4n) is 6.15. The van der Waals surface area contributed by atoms with Gasteiger partial charge >= 0.3 is 0 Å². The lowest BCUT2D eigenvalue weighted by atomic mass is 9.77. The molecule has 0 radical (unpaired) electrons. The number of hydrogen-bond acceptors (Lipinski definition) is 5. The van der Waals surface area contributed by atoms with Crippen molar-refractivity contribution in [3.63, 3.8) is 0 Å². The summed E-state index contributed by atoms with van der Waals surface area (Å²) in [7, 11) is 1.99. The second-order valence-electron chi connectivity index (χ2n) is 11.2. The van der Waals surface area contributed by atoms with Gasteiger partial charge in [0, 0.05) is 51.3 Å². The van der Waals surface area contributed by atoms with Gasteiger partial charge < -0.3 is 19.7 Å². The second kappa shape index (κ2) is 12.6. The highest BCUT2D eigenvalue weighted by Crippen LogP contribution is 2.39. The van der Waals surface area contributed by atoms with E-state index in [-0.39, 0.29) is 11.7 Å². The van der Waals surface area contributed by atoms with Crippen molar-refractivity contribution >= 4 is 0 Å². The molecule has 0 aromatic heterocycles. The number of piperazine rings is 1. The lowest BCUT2D eigenvalue weighted by Gasteiger charge is -2.53. The quantitative estimate of drug-likeness (QED) is 0.459.